The molecule has 14 heavy (non-hydrogen) atoms. The first-order valence-corrected chi connectivity index (χ1v) is 4.73. The van der Waals surface area contributed by atoms with Crippen molar-refractivity contribution >= 4 is 10.9 Å². The highest BCUT2D eigenvalue weighted by Gasteiger charge is 2.33. The van der Waals surface area contributed by atoms with E-state index in [1.165, 1.54) is 10.9 Å². The molecule has 66 valence electrons. The van der Waals surface area contributed by atoms with Crippen LogP contribution in [-0.4, -0.2) is 4.57 Å². The van der Waals surface area contributed by atoms with Crippen molar-refractivity contribution in [1.82, 2.24) is 4.57 Å². The Morgan fingerprint density at radius 1 is 1.21 bits per heavy atom. The van der Waals surface area contributed by atoms with Gasteiger partial charge in [-0.05, 0) is 12.1 Å². The van der Waals surface area contributed by atoms with Crippen molar-refractivity contribution in [2.45, 2.75) is 6.54 Å². The molecule has 0 amide bonds. The summed E-state index contributed by atoms with van der Waals surface area (Å²) in [6, 6.07) is 10.4. The van der Waals surface area contributed by atoms with Crippen LogP contribution in [0.25, 0.3) is 22.2 Å². The molecule has 2 heteroatoms. The maximum atomic E-state index is 11.3. The summed E-state index contributed by atoms with van der Waals surface area (Å²) in [6.07, 6.45) is 0. The number of rotatable bonds is 0. The van der Waals surface area contributed by atoms with Gasteiger partial charge in [-0.1, -0.05) is 18.2 Å². The van der Waals surface area contributed by atoms with Crippen LogP contribution in [0.1, 0.15) is 5.56 Å². The van der Waals surface area contributed by atoms with Gasteiger partial charge in [0.15, 0.2) is 5.43 Å². The van der Waals surface area contributed by atoms with Gasteiger partial charge in [-0.15, -0.1) is 0 Å². The fourth-order valence-corrected chi connectivity index (χ4v) is 2.37. The molecule has 0 unspecified atom stereocenters. The van der Waals surface area contributed by atoms with Crippen LogP contribution in [-0.2, 0) is 6.54 Å². The third-order valence-electron chi connectivity index (χ3n) is 3.12. The highest BCUT2D eigenvalue weighted by atomic mass is 16.1. The molecule has 0 spiro atoms. The summed E-state index contributed by atoms with van der Waals surface area (Å²) in [5, 5.41) is 1.23. The van der Waals surface area contributed by atoms with E-state index in [1.807, 2.05) is 12.1 Å². The number of para-hydroxylation sites is 1. The lowest BCUT2D eigenvalue weighted by molar-refractivity contribution is 0.883. The van der Waals surface area contributed by atoms with Crippen molar-refractivity contribution in [1.29, 1.82) is 0 Å². The van der Waals surface area contributed by atoms with E-state index in [2.05, 4.69) is 22.8 Å². The highest BCUT2D eigenvalue weighted by Crippen LogP contribution is 2.38. The van der Waals surface area contributed by atoms with Crippen LogP contribution in [0.3, 0.4) is 0 Å². The van der Waals surface area contributed by atoms with Gasteiger partial charge in [0.1, 0.15) is 0 Å². The van der Waals surface area contributed by atoms with Crippen molar-refractivity contribution in [3.05, 3.63) is 46.1 Å². The SMILES string of the molecule is O=c1c2c1-c1cc3ccccc3n1C2. The summed E-state index contributed by atoms with van der Waals surface area (Å²) in [7, 11) is 0. The molecule has 2 aromatic carbocycles. The van der Waals surface area contributed by atoms with Crippen LogP contribution in [0.15, 0.2) is 35.1 Å². The van der Waals surface area contributed by atoms with Crippen LogP contribution in [0.5, 0.6) is 0 Å². The van der Waals surface area contributed by atoms with Gasteiger partial charge in [-0.3, -0.25) is 4.79 Å². The Kier molecular flexibility index (Phi) is 0.859. The van der Waals surface area contributed by atoms with Crippen LogP contribution in [0.4, 0.5) is 0 Å². The predicted octanol–water partition coefficient (Wildman–Crippen LogP) is 1.91. The lowest BCUT2D eigenvalue weighted by Crippen LogP contribution is -1.98. The maximum absolute atomic E-state index is 11.3. The van der Waals surface area contributed by atoms with E-state index in [9.17, 15) is 4.79 Å². The quantitative estimate of drug-likeness (QED) is 0.406. The van der Waals surface area contributed by atoms with Crippen molar-refractivity contribution in [3.63, 3.8) is 0 Å². The van der Waals surface area contributed by atoms with E-state index < -0.39 is 0 Å². The zero-order valence-corrected chi connectivity index (χ0v) is 7.45. The third kappa shape index (κ3) is 0.557. The molecule has 0 N–H and O–H groups in total. The molecule has 0 saturated heterocycles. The Hall–Kier alpha value is -1.83. The predicted molar refractivity (Wildman–Crippen MR) is 55.1 cm³/mol. The number of fused-ring (bicyclic) bond motifs is 5. The Morgan fingerprint density at radius 2 is 2.07 bits per heavy atom. The van der Waals surface area contributed by atoms with Crippen LogP contribution in [0, 0.1) is 0 Å². The minimum absolute atomic E-state index is 0.278. The minimum Gasteiger partial charge on any atom is -0.336 e. The number of hydrogen-bond donors (Lipinski definition) is 0. The van der Waals surface area contributed by atoms with E-state index in [-0.39, 0.29) is 5.43 Å². The van der Waals surface area contributed by atoms with E-state index in [1.54, 1.807) is 0 Å². The summed E-state index contributed by atoms with van der Waals surface area (Å²) in [6.45, 7) is 0.789. The zero-order valence-electron chi connectivity index (χ0n) is 7.45. The second kappa shape index (κ2) is 1.82. The summed E-state index contributed by atoms with van der Waals surface area (Å²) in [4.78, 5) is 11.3. The lowest BCUT2D eigenvalue weighted by atomic mass is 10.2. The average molecular weight is 181 g/mol. The van der Waals surface area contributed by atoms with Gasteiger partial charge in [0.2, 0.25) is 0 Å². The van der Waals surface area contributed by atoms with Crippen LogP contribution in [0.2, 0.25) is 0 Å². The molecule has 0 saturated carbocycles. The molecule has 0 fully saturated rings. The third-order valence-corrected chi connectivity index (χ3v) is 3.12. The molecular weight excluding hydrogens is 174 g/mol. The van der Waals surface area contributed by atoms with Gasteiger partial charge in [0, 0.05) is 16.5 Å². The van der Waals surface area contributed by atoms with Crippen LogP contribution >= 0.6 is 0 Å². The first-order chi connectivity index (χ1) is 6.86. The zero-order chi connectivity index (χ0) is 9.28. The van der Waals surface area contributed by atoms with E-state index in [4.69, 9.17) is 0 Å². The fraction of sp³-hybridized carbons (Fsp3) is 0.0833. The molecule has 1 aliphatic heterocycles. The van der Waals surface area contributed by atoms with E-state index in [0.29, 0.717) is 0 Å². The van der Waals surface area contributed by atoms with Crippen molar-refractivity contribution in [3.8, 4) is 11.3 Å². The molecule has 1 aliphatic rings. The Labute approximate surface area is 80.1 Å². The maximum Gasteiger partial charge on any atom is 0.194 e. The normalized spacial score (nSPS) is 13.7. The number of aromatic nitrogens is 1. The molecule has 2 heterocycles. The second-order valence-electron chi connectivity index (χ2n) is 3.86. The molecule has 0 aliphatic carbocycles. The molecule has 0 radical (unpaired) electrons. The fourth-order valence-electron chi connectivity index (χ4n) is 2.37. The largest absolute Gasteiger partial charge is 0.336 e. The van der Waals surface area contributed by atoms with E-state index in [0.717, 1.165) is 23.4 Å². The number of benzene rings is 1. The van der Waals surface area contributed by atoms with Crippen molar-refractivity contribution in [2.75, 3.05) is 0 Å². The smallest absolute Gasteiger partial charge is 0.194 e. The minimum atomic E-state index is 0.278. The summed E-state index contributed by atoms with van der Waals surface area (Å²) < 4.78 is 2.22. The molecule has 3 aromatic rings. The highest BCUT2D eigenvalue weighted by molar-refractivity contribution is 5.92. The first kappa shape index (κ1) is 6.60. The molecule has 0 atom stereocenters. The number of nitrogens with zero attached hydrogens (tertiary/aromatic N) is 1. The van der Waals surface area contributed by atoms with Gasteiger partial charge in [0.05, 0.1) is 17.8 Å². The number of hydrogen-bond acceptors (Lipinski definition) is 1. The van der Waals surface area contributed by atoms with Gasteiger partial charge >= 0.3 is 0 Å². The summed E-state index contributed by atoms with van der Waals surface area (Å²) in [5.74, 6) is 0. The van der Waals surface area contributed by atoms with Crippen molar-refractivity contribution < 1.29 is 0 Å². The average Bonchev–Trinajstić information content (AvgIpc) is 2.61. The molecule has 1 aromatic heterocycles. The summed E-state index contributed by atoms with van der Waals surface area (Å²) in [5.41, 5.74) is 4.63. The van der Waals surface area contributed by atoms with E-state index >= 15 is 0 Å². The van der Waals surface area contributed by atoms with Gasteiger partial charge in [-0.2, -0.15) is 0 Å². The van der Waals surface area contributed by atoms with Gasteiger partial charge < -0.3 is 4.57 Å². The van der Waals surface area contributed by atoms with Crippen LogP contribution < -0.4 is 5.43 Å². The Morgan fingerprint density at radius 3 is 3.00 bits per heavy atom. The summed E-state index contributed by atoms with van der Waals surface area (Å²) >= 11 is 0. The Bertz CT molecular complexity index is 680. The lowest BCUT2D eigenvalue weighted by Gasteiger charge is -1.99. The second-order valence-corrected chi connectivity index (χ2v) is 3.86. The van der Waals surface area contributed by atoms with Gasteiger partial charge in [-0.25, -0.2) is 0 Å². The standard InChI is InChI=1S/C12H7NO/c14-12-8-6-13-9-4-2-1-3-7(9)5-10(13)11(8)12/h1-5H,6H2. The molecule has 2 nitrogen and oxygen atoms in total. The molecule has 4 rings (SSSR count). The molecule has 0 bridgehead atoms. The van der Waals surface area contributed by atoms with Gasteiger partial charge in [0.25, 0.3) is 0 Å². The van der Waals surface area contributed by atoms with Crippen molar-refractivity contribution in [2.24, 2.45) is 0 Å². The Balaban J connectivity index is 2.18. The molecular formula is C12H7NO. The topological polar surface area (TPSA) is 22.0 Å². The monoisotopic (exact) mass is 181 g/mol. The first-order valence-electron chi connectivity index (χ1n) is 4.73.